The molecule has 0 aromatic heterocycles. The number of hydrogen-bond acceptors (Lipinski definition) is 4. The van der Waals surface area contributed by atoms with Crippen LogP contribution in [0.5, 0.6) is 0 Å². The van der Waals surface area contributed by atoms with Crippen molar-refractivity contribution in [2.75, 3.05) is 27.2 Å². The van der Waals surface area contributed by atoms with Crippen LogP contribution in [0.15, 0.2) is 24.3 Å². The number of carbonyl (C=O) groups is 3. The van der Waals surface area contributed by atoms with Gasteiger partial charge in [0, 0.05) is 64.3 Å². The zero-order valence-electron chi connectivity index (χ0n) is 19.9. The topological polar surface area (TPSA) is 84.4 Å². The van der Waals surface area contributed by atoms with Crippen LogP contribution >= 0.6 is 0 Å². The number of fused-ring (bicyclic) bond motifs is 2. The number of piperidine rings is 2. The highest BCUT2D eigenvalue weighted by molar-refractivity contribution is 5.95. The monoisotopic (exact) mass is 456 g/mol. The van der Waals surface area contributed by atoms with Crippen molar-refractivity contribution in [2.45, 2.75) is 76.2 Å². The number of urea groups is 1. The third-order valence-electron chi connectivity index (χ3n) is 7.65. The first-order valence-corrected chi connectivity index (χ1v) is 12.1. The van der Waals surface area contributed by atoms with Gasteiger partial charge in [0.2, 0.25) is 5.91 Å². The third kappa shape index (κ3) is 5.00. The summed E-state index contributed by atoms with van der Waals surface area (Å²) in [5.41, 5.74) is 1.63. The van der Waals surface area contributed by atoms with Crippen LogP contribution in [0.2, 0.25) is 0 Å². The largest absolute Gasteiger partial charge is 0.393 e. The Bertz CT molecular complexity index is 867. The number of rotatable bonds is 4. The number of aliphatic hydroxyl groups is 1. The smallest absolute Gasteiger partial charge is 0.320 e. The molecule has 1 aromatic rings. The maximum atomic E-state index is 13.1. The summed E-state index contributed by atoms with van der Waals surface area (Å²) in [5, 5.41) is 9.99. The van der Waals surface area contributed by atoms with E-state index in [4.69, 9.17) is 0 Å². The van der Waals surface area contributed by atoms with Crippen LogP contribution in [0.1, 0.15) is 61.4 Å². The van der Waals surface area contributed by atoms with E-state index in [0.717, 1.165) is 31.2 Å². The Morgan fingerprint density at radius 1 is 0.970 bits per heavy atom. The van der Waals surface area contributed by atoms with Crippen LogP contribution in [0, 0.1) is 0 Å². The molecule has 1 N–H and O–H groups in total. The molecule has 1 aromatic carbocycles. The molecule has 0 radical (unpaired) electrons. The number of benzene rings is 1. The van der Waals surface area contributed by atoms with E-state index in [-0.39, 0.29) is 42.1 Å². The predicted molar refractivity (Wildman–Crippen MR) is 125 cm³/mol. The van der Waals surface area contributed by atoms with Gasteiger partial charge in [0.05, 0.1) is 6.10 Å². The molecule has 0 aliphatic carbocycles. The molecule has 2 bridgehead atoms. The lowest BCUT2D eigenvalue weighted by molar-refractivity contribution is -0.130. The molecular formula is C25H36N4O4. The van der Waals surface area contributed by atoms with Gasteiger partial charge in [-0.3, -0.25) is 9.59 Å². The molecule has 33 heavy (non-hydrogen) atoms. The van der Waals surface area contributed by atoms with Crippen LogP contribution in [-0.4, -0.2) is 94.0 Å². The molecule has 3 saturated heterocycles. The summed E-state index contributed by atoms with van der Waals surface area (Å²) in [5.74, 6) is 0.133. The minimum atomic E-state index is -0.290. The first-order chi connectivity index (χ1) is 15.7. The first kappa shape index (κ1) is 23.5. The Morgan fingerprint density at radius 2 is 1.55 bits per heavy atom. The van der Waals surface area contributed by atoms with E-state index < -0.39 is 0 Å². The molecule has 8 heteroatoms. The molecule has 3 aliphatic rings. The van der Waals surface area contributed by atoms with Gasteiger partial charge < -0.3 is 24.7 Å². The van der Waals surface area contributed by atoms with Crippen molar-refractivity contribution in [3.8, 4) is 0 Å². The van der Waals surface area contributed by atoms with Crippen LogP contribution in [0.4, 0.5) is 4.79 Å². The molecule has 4 amide bonds. The normalized spacial score (nSPS) is 25.2. The summed E-state index contributed by atoms with van der Waals surface area (Å²) in [6, 6.07) is 7.92. The van der Waals surface area contributed by atoms with Crippen LogP contribution < -0.4 is 0 Å². The van der Waals surface area contributed by atoms with Gasteiger partial charge in [0.25, 0.3) is 5.91 Å². The van der Waals surface area contributed by atoms with Gasteiger partial charge in [0.1, 0.15) is 0 Å². The van der Waals surface area contributed by atoms with Gasteiger partial charge >= 0.3 is 6.03 Å². The molecule has 3 fully saturated rings. The van der Waals surface area contributed by atoms with E-state index in [9.17, 15) is 19.5 Å². The van der Waals surface area contributed by atoms with Crippen molar-refractivity contribution < 1.29 is 19.5 Å². The third-order valence-corrected chi connectivity index (χ3v) is 7.65. The fraction of sp³-hybridized carbons (Fsp3) is 0.640. The lowest BCUT2D eigenvalue weighted by atomic mass is 9.98. The molecule has 4 rings (SSSR count). The van der Waals surface area contributed by atoms with E-state index >= 15 is 0 Å². The van der Waals surface area contributed by atoms with Crippen molar-refractivity contribution in [1.29, 1.82) is 0 Å². The number of nitrogens with zero attached hydrogens (tertiary/aromatic N) is 4. The Hall–Kier alpha value is -2.61. The van der Waals surface area contributed by atoms with Crippen LogP contribution in [0.3, 0.4) is 0 Å². The van der Waals surface area contributed by atoms with E-state index in [0.29, 0.717) is 38.0 Å². The molecule has 2 unspecified atom stereocenters. The number of amides is 4. The second-order valence-corrected chi connectivity index (χ2v) is 9.91. The van der Waals surface area contributed by atoms with E-state index in [1.165, 1.54) is 0 Å². The van der Waals surface area contributed by atoms with Crippen molar-refractivity contribution in [3.63, 3.8) is 0 Å². The van der Waals surface area contributed by atoms with Crippen molar-refractivity contribution in [2.24, 2.45) is 0 Å². The SMILES string of the molecule is CC(=O)N1CCC(N(C)C(=O)N(C)Cc2ccc(C(=O)N3C4CCC3CC(O)C4)cc2)CC1. The highest BCUT2D eigenvalue weighted by Crippen LogP contribution is 2.36. The standard InChI is InChI=1S/C25H36N4O4/c1-17(30)28-12-10-20(11-13-28)27(3)25(33)26(2)16-18-4-6-19(7-5-18)24(32)29-21-8-9-22(29)15-23(31)14-21/h4-7,20-23,31H,8-16H2,1-3H3. The maximum absolute atomic E-state index is 13.1. The summed E-state index contributed by atoms with van der Waals surface area (Å²) >= 11 is 0. The van der Waals surface area contributed by atoms with Crippen molar-refractivity contribution in [1.82, 2.24) is 19.6 Å². The second kappa shape index (κ2) is 9.71. The Morgan fingerprint density at radius 3 is 2.09 bits per heavy atom. The highest BCUT2D eigenvalue weighted by atomic mass is 16.3. The Kier molecular flexibility index (Phi) is 6.93. The summed E-state index contributed by atoms with van der Waals surface area (Å²) in [7, 11) is 3.62. The quantitative estimate of drug-likeness (QED) is 0.754. The van der Waals surface area contributed by atoms with Gasteiger partial charge in [-0.25, -0.2) is 4.79 Å². The molecule has 8 nitrogen and oxygen atoms in total. The second-order valence-electron chi connectivity index (χ2n) is 9.91. The number of hydrogen-bond donors (Lipinski definition) is 1. The summed E-state index contributed by atoms with van der Waals surface area (Å²) in [6.45, 7) is 3.43. The molecule has 0 spiro atoms. The minimum Gasteiger partial charge on any atom is -0.393 e. The van der Waals surface area contributed by atoms with Gasteiger partial charge in [-0.2, -0.15) is 0 Å². The molecule has 3 aliphatic heterocycles. The zero-order valence-corrected chi connectivity index (χ0v) is 19.9. The fourth-order valence-corrected chi connectivity index (χ4v) is 5.72. The van der Waals surface area contributed by atoms with Crippen LogP contribution in [0.25, 0.3) is 0 Å². The predicted octanol–water partition coefficient (Wildman–Crippen LogP) is 2.31. The minimum absolute atomic E-state index is 0.0418. The highest BCUT2D eigenvalue weighted by Gasteiger charge is 2.42. The molecular weight excluding hydrogens is 420 g/mol. The van der Waals surface area contributed by atoms with Gasteiger partial charge in [-0.05, 0) is 56.2 Å². The average Bonchev–Trinajstić information content (AvgIpc) is 3.08. The molecule has 3 heterocycles. The molecule has 2 atom stereocenters. The lowest BCUT2D eigenvalue weighted by Crippen LogP contribution is -2.49. The number of carbonyl (C=O) groups excluding carboxylic acids is 3. The Balaban J connectivity index is 1.32. The van der Waals surface area contributed by atoms with Crippen LogP contribution in [-0.2, 0) is 11.3 Å². The zero-order chi connectivity index (χ0) is 23.7. The fourth-order valence-electron chi connectivity index (χ4n) is 5.72. The Labute approximate surface area is 196 Å². The molecule has 0 saturated carbocycles. The van der Waals surface area contributed by atoms with Gasteiger partial charge in [-0.15, -0.1) is 0 Å². The number of likely N-dealkylation sites (tertiary alicyclic amines) is 1. The molecule has 180 valence electrons. The average molecular weight is 457 g/mol. The van der Waals surface area contributed by atoms with Crippen molar-refractivity contribution in [3.05, 3.63) is 35.4 Å². The van der Waals surface area contributed by atoms with E-state index in [2.05, 4.69) is 0 Å². The summed E-state index contributed by atoms with van der Waals surface area (Å²) in [4.78, 5) is 44.8. The summed E-state index contributed by atoms with van der Waals surface area (Å²) in [6.07, 6.45) is 4.59. The number of aliphatic hydroxyl groups excluding tert-OH is 1. The maximum Gasteiger partial charge on any atom is 0.320 e. The lowest BCUT2D eigenvalue weighted by Gasteiger charge is -2.38. The van der Waals surface area contributed by atoms with Gasteiger partial charge in [0.15, 0.2) is 0 Å². The van der Waals surface area contributed by atoms with E-state index in [1.54, 1.807) is 23.8 Å². The summed E-state index contributed by atoms with van der Waals surface area (Å²) < 4.78 is 0. The first-order valence-electron chi connectivity index (χ1n) is 12.1. The van der Waals surface area contributed by atoms with Gasteiger partial charge in [-0.1, -0.05) is 12.1 Å². The van der Waals surface area contributed by atoms with E-state index in [1.807, 2.05) is 41.1 Å². The van der Waals surface area contributed by atoms with Crippen molar-refractivity contribution >= 4 is 17.8 Å².